The Bertz CT molecular complexity index is 3330. The first-order valence-corrected chi connectivity index (χ1v) is 21.4. The fourth-order valence-corrected chi connectivity index (χ4v) is 11.4. The molecular formula is C55H42N3S+. The summed E-state index contributed by atoms with van der Waals surface area (Å²) >= 11 is 1.92. The highest BCUT2D eigenvalue weighted by Gasteiger charge is 2.49. The van der Waals surface area contributed by atoms with Crippen LogP contribution in [0, 0.1) is 0 Å². The molecule has 3 nitrogen and oxygen atoms in total. The summed E-state index contributed by atoms with van der Waals surface area (Å²) < 4.78 is 5.14. The van der Waals surface area contributed by atoms with E-state index in [0.717, 1.165) is 11.5 Å². The lowest BCUT2D eigenvalue weighted by Crippen LogP contribution is -2.51. The molecule has 2 aromatic heterocycles. The molecule has 0 fully saturated rings. The van der Waals surface area contributed by atoms with E-state index in [0.29, 0.717) is 0 Å². The van der Waals surface area contributed by atoms with Crippen molar-refractivity contribution in [3.63, 3.8) is 0 Å². The maximum atomic E-state index is 4.09. The number of hydrogen-bond donors (Lipinski definition) is 2. The Balaban J connectivity index is 1.23. The second-order valence-electron chi connectivity index (χ2n) is 17.2. The van der Waals surface area contributed by atoms with E-state index in [1.54, 1.807) is 0 Å². The standard InChI is InChI=1S/C55H41N3S/c1-54(2,3)37-27-30-47-43(31-37)49-50(56-47)46(33-42-41-24-14-16-26-48(41)59-51(42)49)55(36-21-11-6-12-22-36)44-25-15-13-23-39(44)40-29-28-38(32-45(40)55)58-52(34-17-7-4-8-18-34)57-53(58)35-19-9-5-10-20-35/h4-33,52,56H,1-3H3/p+1. The quantitative estimate of drug-likeness (QED) is 0.168. The number of rotatable bonds is 5. The second-order valence-corrected chi connectivity index (χ2v) is 18.3. The molecule has 2 atom stereocenters. The van der Waals surface area contributed by atoms with Crippen molar-refractivity contribution in [3.8, 4) is 11.1 Å². The van der Waals surface area contributed by atoms with Crippen molar-refractivity contribution in [1.29, 1.82) is 0 Å². The lowest BCUT2D eigenvalue weighted by Gasteiger charge is -2.35. The molecule has 1 aliphatic carbocycles. The fourth-order valence-electron chi connectivity index (χ4n) is 10.2. The van der Waals surface area contributed by atoms with E-state index >= 15 is 0 Å². The van der Waals surface area contributed by atoms with Crippen molar-refractivity contribution in [2.24, 2.45) is 0 Å². The van der Waals surface area contributed by atoms with E-state index in [1.807, 2.05) is 11.3 Å². The van der Waals surface area contributed by atoms with Crippen molar-refractivity contribution in [2.45, 2.75) is 37.8 Å². The monoisotopic (exact) mass is 776 g/mol. The summed E-state index contributed by atoms with van der Waals surface area (Å²) in [5.74, 6) is 1.11. The predicted molar refractivity (Wildman–Crippen MR) is 247 cm³/mol. The zero-order valence-corrected chi connectivity index (χ0v) is 34.1. The molecule has 12 rings (SSSR count). The van der Waals surface area contributed by atoms with Crippen LogP contribution in [0.1, 0.15) is 65.9 Å². The molecule has 0 bridgehead atoms. The van der Waals surface area contributed by atoms with Gasteiger partial charge in [0.05, 0.1) is 16.5 Å². The molecule has 59 heavy (non-hydrogen) atoms. The van der Waals surface area contributed by atoms with E-state index in [4.69, 9.17) is 0 Å². The van der Waals surface area contributed by atoms with Crippen LogP contribution in [0.4, 0.5) is 5.69 Å². The Kier molecular flexibility index (Phi) is 7.34. The van der Waals surface area contributed by atoms with Crippen LogP contribution >= 0.6 is 11.3 Å². The minimum atomic E-state index is -0.639. The van der Waals surface area contributed by atoms with Gasteiger partial charge in [-0.05, 0) is 99.0 Å². The van der Waals surface area contributed by atoms with Gasteiger partial charge in [-0.3, -0.25) is 0 Å². The highest BCUT2D eigenvalue weighted by molar-refractivity contribution is 7.26. The summed E-state index contributed by atoms with van der Waals surface area (Å²) in [6.07, 6.45) is -0.00898. The third kappa shape index (κ3) is 4.90. The van der Waals surface area contributed by atoms with Gasteiger partial charge in [0.2, 0.25) is 0 Å². The minimum absolute atomic E-state index is 0.00898. The number of nitrogens with one attached hydrogen (secondary N) is 2. The number of nitrogens with zero attached hydrogens (tertiary/aromatic N) is 1. The molecule has 2 aliphatic rings. The first-order valence-electron chi connectivity index (χ1n) is 20.6. The van der Waals surface area contributed by atoms with Crippen LogP contribution in [0.3, 0.4) is 0 Å². The van der Waals surface area contributed by atoms with Crippen LogP contribution in [0.25, 0.3) is 53.1 Å². The predicted octanol–water partition coefficient (Wildman–Crippen LogP) is 13.7. The molecule has 0 radical (unpaired) electrons. The Labute approximate surface area is 347 Å². The van der Waals surface area contributed by atoms with Crippen LogP contribution in [-0.4, -0.2) is 15.4 Å². The van der Waals surface area contributed by atoms with Crippen molar-refractivity contribution >= 4 is 64.8 Å². The van der Waals surface area contributed by atoms with E-state index in [2.05, 4.69) is 218 Å². The van der Waals surface area contributed by atoms with Gasteiger partial charge in [-0.25, -0.2) is 5.32 Å². The highest BCUT2D eigenvalue weighted by atomic mass is 32.1. The number of aromatic nitrogens is 1. The molecule has 10 aromatic rings. The van der Waals surface area contributed by atoms with E-state index in [-0.39, 0.29) is 11.6 Å². The third-order valence-electron chi connectivity index (χ3n) is 12.9. The fraction of sp³-hybridized carbons (Fsp3) is 0.109. The lowest BCUT2D eigenvalue weighted by molar-refractivity contribution is -0.531. The maximum Gasteiger partial charge on any atom is 0.289 e. The smallest absolute Gasteiger partial charge is 0.289 e. The van der Waals surface area contributed by atoms with Crippen molar-refractivity contribution in [2.75, 3.05) is 0 Å². The van der Waals surface area contributed by atoms with Gasteiger partial charge in [-0.15, -0.1) is 11.3 Å². The number of amidine groups is 1. The van der Waals surface area contributed by atoms with Gasteiger partial charge in [-0.2, -0.15) is 4.58 Å². The first-order chi connectivity index (χ1) is 28.9. The summed E-state index contributed by atoms with van der Waals surface area (Å²) in [5.41, 5.74) is 14.3. The van der Waals surface area contributed by atoms with E-state index < -0.39 is 5.41 Å². The zero-order valence-electron chi connectivity index (χ0n) is 33.3. The molecule has 0 saturated heterocycles. The largest absolute Gasteiger partial charge is 0.354 e. The normalized spacial score (nSPS) is 17.4. The molecule has 8 aromatic carbocycles. The van der Waals surface area contributed by atoms with Gasteiger partial charge in [0.1, 0.15) is 5.69 Å². The molecule has 3 heterocycles. The van der Waals surface area contributed by atoms with Crippen LogP contribution in [0.2, 0.25) is 0 Å². The summed E-state index contributed by atoms with van der Waals surface area (Å²) in [5, 5.41) is 9.07. The Hall–Kier alpha value is -6.75. The maximum absolute atomic E-state index is 4.09. The highest BCUT2D eigenvalue weighted by Crippen LogP contribution is 2.59. The molecular weight excluding hydrogens is 735 g/mol. The van der Waals surface area contributed by atoms with Gasteiger partial charge < -0.3 is 4.98 Å². The lowest BCUT2D eigenvalue weighted by atomic mass is 9.67. The average Bonchev–Trinajstić information content (AvgIpc) is 3.92. The van der Waals surface area contributed by atoms with Gasteiger partial charge in [-0.1, -0.05) is 148 Å². The molecule has 282 valence electrons. The Morgan fingerprint density at radius 1 is 0.576 bits per heavy atom. The van der Waals surface area contributed by atoms with Crippen LogP contribution in [0.15, 0.2) is 182 Å². The van der Waals surface area contributed by atoms with Crippen molar-refractivity contribution < 1.29 is 4.58 Å². The Morgan fingerprint density at radius 3 is 2.07 bits per heavy atom. The molecule has 2 unspecified atom stereocenters. The van der Waals surface area contributed by atoms with Crippen LogP contribution < -0.4 is 5.32 Å². The number of hydrogen-bond acceptors (Lipinski definition) is 2. The molecule has 2 N–H and O–H groups in total. The number of fused-ring (bicyclic) bond motifs is 10. The molecule has 0 amide bonds. The first kappa shape index (κ1) is 34.3. The zero-order chi connectivity index (χ0) is 39.5. The minimum Gasteiger partial charge on any atom is -0.354 e. The van der Waals surface area contributed by atoms with Gasteiger partial charge >= 0.3 is 0 Å². The number of aromatic amines is 1. The second kappa shape index (κ2) is 12.6. The van der Waals surface area contributed by atoms with Gasteiger partial charge in [0.15, 0.2) is 0 Å². The summed E-state index contributed by atoms with van der Waals surface area (Å²) in [4.78, 5) is 4.09. The van der Waals surface area contributed by atoms with Crippen molar-refractivity contribution in [1.82, 2.24) is 10.3 Å². The topological polar surface area (TPSA) is 30.8 Å². The van der Waals surface area contributed by atoms with Crippen LogP contribution in [0.5, 0.6) is 0 Å². The summed E-state index contributed by atoms with van der Waals surface area (Å²) in [7, 11) is 0. The SMILES string of the molecule is CC(C)(C)c1ccc2[nH]c3c(C4(c5ccccc5)c5ccccc5-c5ccc([N+]6=C(c7ccccc7)NC6c6ccccc6)cc54)cc4c5ccccc5sc4c3c2c1. The van der Waals surface area contributed by atoms with Gasteiger partial charge in [0, 0.05) is 42.0 Å². The number of H-pyrrole nitrogens is 1. The average molecular weight is 777 g/mol. The number of thiophene rings is 1. The number of benzene rings is 8. The van der Waals surface area contributed by atoms with Gasteiger partial charge in [0.25, 0.3) is 12.0 Å². The van der Waals surface area contributed by atoms with Crippen LogP contribution in [-0.2, 0) is 10.8 Å². The molecule has 1 aliphatic heterocycles. The summed E-state index contributed by atoms with van der Waals surface area (Å²) in [6, 6.07) is 67.7. The molecule has 4 heteroatoms. The Morgan fingerprint density at radius 2 is 1.27 bits per heavy atom. The van der Waals surface area contributed by atoms with E-state index in [9.17, 15) is 0 Å². The third-order valence-corrected chi connectivity index (χ3v) is 14.1. The molecule has 0 spiro atoms. The summed E-state index contributed by atoms with van der Waals surface area (Å²) in [6.45, 7) is 6.94. The van der Waals surface area contributed by atoms with E-state index in [1.165, 1.54) is 92.0 Å². The molecule has 0 saturated carbocycles. The van der Waals surface area contributed by atoms with Crippen molar-refractivity contribution in [3.05, 3.63) is 221 Å².